The summed E-state index contributed by atoms with van der Waals surface area (Å²) in [5, 5.41) is 0. The topological polar surface area (TPSA) is 46.3 Å². The van der Waals surface area contributed by atoms with Crippen LogP contribution in [0.4, 0.5) is 0 Å². The zero-order valence-corrected chi connectivity index (χ0v) is 11.9. The van der Waals surface area contributed by atoms with Crippen molar-refractivity contribution >= 4 is 23.1 Å². The van der Waals surface area contributed by atoms with Crippen LogP contribution in [0.25, 0.3) is 0 Å². The van der Waals surface area contributed by atoms with E-state index in [1.165, 1.54) is 0 Å². The van der Waals surface area contributed by atoms with Crippen LogP contribution in [0.2, 0.25) is 0 Å². The Morgan fingerprint density at radius 2 is 2.18 bits per heavy atom. The van der Waals surface area contributed by atoms with Crippen LogP contribution in [-0.2, 0) is 4.79 Å². The van der Waals surface area contributed by atoms with Gasteiger partial charge in [-0.3, -0.25) is 4.79 Å². The van der Waals surface area contributed by atoms with Gasteiger partial charge in [0.2, 0.25) is 5.91 Å². The normalized spacial score (nSPS) is 26.6. The number of likely N-dealkylation sites (tertiary alicyclic amines) is 1. The Labute approximate surface area is 110 Å². The predicted octanol–water partition coefficient (Wildman–Crippen LogP) is 2.34. The molecular weight excluding hydrogens is 232 g/mol. The van der Waals surface area contributed by atoms with Gasteiger partial charge in [0.15, 0.2) is 0 Å². The van der Waals surface area contributed by atoms with E-state index < -0.39 is 0 Å². The lowest BCUT2D eigenvalue weighted by atomic mass is 9.91. The molecule has 0 bridgehead atoms. The third-order valence-electron chi connectivity index (χ3n) is 3.64. The van der Waals surface area contributed by atoms with E-state index in [1.807, 2.05) is 4.90 Å². The van der Waals surface area contributed by atoms with Crippen molar-refractivity contribution in [1.29, 1.82) is 0 Å². The van der Waals surface area contributed by atoms with E-state index in [2.05, 4.69) is 20.8 Å². The molecule has 1 fully saturated rings. The summed E-state index contributed by atoms with van der Waals surface area (Å²) < 4.78 is 0. The van der Waals surface area contributed by atoms with Crippen LogP contribution in [0.1, 0.15) is 46.5 Å². The summed E-state index contributed by atoms with van der Waals surface area (Å²) in [7, 11) is 0. The van der Waals surface area contributed by atoms with Gasteiger partial charge in [-0.1, -0.05) is 32.5 Å². The molecule has 1 aliphatic rings. The van der Waals surface area contributed by atoms with Crippen LogP contribution < -0.4 is 5.73 Å². The fraction of sp³-hybridized carbons (Fsp3) is 0.846. The number of nitrogens with two attached hydrogens (primary N) is 1. The molecule has 1 amide bonds. The molecule has 98 valence electrons. The minimum atomic E-state index is -0.258. The van der Waals surface area contributed by atoms with Crippen molar-refractivity contribution in [3.8, 4) is 0 Å². The van der Waals surface area contributed by atoms with Gasteiger partial charge in [0.25, 0.3) is 0 Å². The Kier molecular flexibility index (Phi) is 5.37. The second-order valence-electron chi connectivity index (χ2n) is 5.25. The van der Waals surface area contributed by atoms with Crippen LogP contribution in [0.5, 0.6) is 0 Å². The summed E-state index contributed by atoms with van der Waals surface area (Å²) in [4.78, 5) is 14.7. The first kappa shape index (κ1) is 14.4. The van der Waals surface area contributed by atoms with E-state index in [0.29, 0.717) is 16.9 Å². The van der Waals surface area contributed by atoms with Gasteiger partial charge >= 0.3 is 0 Å². The van der Waals surface area contributed by atoms with Gasteiger partial charge in [-0.15, -0.1) is 0 Å². The van der Waals surface area contributed by atoms with Crippen LogP contribution in [0.15, 0.2) is 0 Å². The number of amides is 1. The number of carbonyl (C=O) groups excluding carboxylic acids is 1. The molecule has 1 rings (SSSR count). The molecule has 2 N–H and O–H groups in total. The van der Waals surface area contributed by atoms with Gasteiger partial charge in [0.1, 0.15) is 0 Å². The molecule has 4 heteroatoms. The molecule has 3 nitrogen and oxygen atoms in total. The number of hydrogen-bond donors (Lipinski definition) is 1. The summed E-state index contributed by atoms with van der Waals surface area (Å²) >= 11 is 5.02. The van der Waals surface area contributed by atoms with Crippen LogP contribution in [0, 0.1) is 11.8 Å². The molecule has 0 aliphatic carbocycles. The highest BCUT2D eigenvalue weighted by atomic mass is 32.1. The average Bonchev–Trinajstić information content (AvgIpc) is 2.24. The predicted molar refractivity (Wildman–Crippen MR) is 74.8 cm³/mol. The standard InChI is InChI=1S/C13H24N2OS/c1-4-5-11(12(14)17)13(16)15-7-6-9(2)8-10(15)3/h9-11H,4-8H2,1-3H3,(H2,14,17). The number of hydrogen-bond acceptors (Lipinski definition) is 2. The maximum Gasteiger partial charge on any atom is 0.232 e. The fourth-order valence-electron chi connectivity index (χ4n) is 2.61. The van der Waals surface area contributed by atoms with Crippen molar-refractivity contribution in [2.45, 2.75) is 52.5 Å². The summed E-state index contributed by atoms with van der Waals surface area (Å²) in [6.07, 6.45) is 3.88. The maximum atomic E-state index is 12.4. The monoisotopic (exact) mass is 256 g/mol. The third-order valence-corrected chi connectivity index (χ3v) is 3.92. The third kappa shape index (κ3) is 3.66. The first-order valence-corrected chi connectivity index (χ1v) is 6.98. The van der Waals surface area contributed by atoms with E-state index in [9.17, 15) is 4.79 Å². The van der Waals surface area contributed by atoms with Crippen LogP contribution in [0.3, 0.4) is 0 Å². The van der Waals surface area contributed by atoms with Crippen molar-refractivity contribution in [2.24, 2.45) is 17.6 Å². The van der Waals surface area contributed by atoms with Crippen molar-refractivity contribution in [2.75, 3.05) is 6.54 Å². The zero-order chi connectivity index (χ0) is 13.0. The van der Waals surface area contributed by atoms with Crippen molar-refractivity contribution in [3.63, 3.8) is 0 Å². The Morgan fingerprint density at radius 3 is 2.65 bits per heavy atom. The SMILES string of the molecule is CCCC(C(=O)N1CCC(C)CC1C)C(N)=S. The van der Waals surface area contributed by atoms with E-state index >= 15 is 0 Å². The first-order chi connectivity index (χ1) is 7.97. The molecule has 17 heavy (non-hydrogen) atoms. The summed E-state index contributed by atoms with van der Waals surface area (Å²) in [5.74, 6) is 0.591. The molecule has 1 heterocycles. The minimum Gasteiger partial charge on any atom is -0.393 e. The summed E-state index contributed by atoms with van der Waals surface area (Å²) in [6.45, 7) is 7.27. The molecule has 0 spiro atoms. The van der Waals surface area contributed by atoms with E-state index in [0.717, 1.165) is 32.2 Å². The second-order valence-corrected chi connectivity index (χ2v) is 5.73. The Morgan fingerprint density at radius 1 is 1.53 bits per heavy atom. The first-order valence-electron chi connectivity index (χ1n) is 6.57. The number of rotatable bonds is 4. The largest absolute Gasteiger partial charge is 0.393 e. The van der Waals surface area contributed by atoms with Gasteiger partial charge in [-0.25, -0.2) is 0 Å². The average molecular weight is 256 g/mol. The number of carbonyl (C=O) groups is 1. The second kappa shape index (κ2) is 6.34. The lowest BCUT2D eigenvalue weighted by Gasteiger charge is -2.38. The number of piperidine rings is 1. The van der Waals surface area contributed by atoms with Gasteiger partial charge in [-0.2, -0.15) is 0 Å². The Balaban J connectivity index is 2.70. The molecule has 0 saturated carbocycles. The number of nitrogens with zero attached hydrogens (tertiary/aromatic N) is 1. The highest BCUT2D eigenvalue weighted by molar-refractivity contribution is 7.80. The van der Waals surface area contributed by atoms with E-state index in [4.69, 9.17) is 18.0 Å². The van der Waals surface area contributed by atoms with E-state index in [-0.39, 0.29) is 11.8 Å². The van der Waals surface area contributed by atoms with Gasteiger partial charge in [0, 0.05) is 12.6 Å². The lowest BCUT2D eigenvalue weighted by molar-refractivity contribution is -0.137. The van der Waals surface area contributed by atoms with Gasteiger partial charge in [0.05, 0.1) is 10.9 Å². The maximum absolute atomic E-state index is 12.4. The van der Waals surface area contributed by atoms with Crippen LogP contribution >= 0.6 is 12.2 Å². The molecule has 0 radical (unpaired) electrons. The van der Waals surface area contributed by atoms with Crippen LogP contribution in [-0.4, -0.2) is 28.4 Å². The smallest absolute Gasteiger partial charge is 0.232 e. The van der Waals surface area contributed by atoms with E-state index in [1.54, 1.807) is 0 Å². The minimum absolute atomic E-state index is 0.138. The molecular formula is C13H24N2OS. The molecule has 0 aromatic heterocycles. The fourth-order valence-corrected chi connectivity index (χ4v) is 2.83. The Bertz CT molecular complexity index is 293. The summed E-state index contributed by atoms with van der Waals surface area (Å²) in [6, 6.07) is 0.319. The summed E-state index contributed by atoms with van der Waals surface area (Å²) in [5.41, 5.74) is 5.69. The quantitative estimate of drug-likeness (QED) is 0.785. The molecule has 3 atom stereocenters. The van der Waals surface area contributed by atoms with Crippen molar-refractivity contribution in [3.05, 3.63) is 0 Å². The van der Waals surface area contributed by atoms with Crippen molar-refractivity contribution in [1.82, 2.24) is 4.90 Å². The Hall–Kier alpha value is -0.640. The molecule has 3 unspecified atom stereocenters. The highest BCUT2D eigenvalue weighted by Crippen LogP contribution is 2.24. The lowest BCUT2D eigenvalue weighted by Crippen LogP contribution is -2.49. The molecule has 0 aromatic rings. The highest BCUT2D eigenvalue weighted by Gasteiger charge is 2.32. The molecule has 1 aliphatic heterocycles. The number of thiocarbonyl (C=S) groups is 1. The van der Waals surface area contributed by atoms with Crippen molar-refractivity contribution < 1.29 is 4.79 Å². The molecule has 1 saturated heterocycles. The van der Waals surface area contributed by atoms with Gasteiger partial charge in [-0.05, 0) is 32.1 Å². The zero-order valence-electron chi connectivity index (χ0n) is 11.1. The molecule has 0 aromatic carbocycles. The van der Waals surface area contributed by atoms with Gasteiger partial charge < -0.3 is 10.6 Å².